The normalized spacial score (nSPS) is 17.2. The summed E-state index contributed by atoms with van der Waals surface area (Å²) in [7, 11) is 0. The Bertz CT molecular complexity index is 643. The predicted molar refractivity (Wildman–Crippen MR) is 80.7 cm³/mol. The van der Waals surface area contributed by atoms with E-state index in [1.54, 1.807) is 36.4 Å². The van der Waals surface area contributed by atoms with E-state index in [0.29, 0.717) is 18.0 Å². The Labute approximate surface area is 127 Å². The average molecular weight is 300 g/mol. The van der Waals surface area contributed by atoms with Crippen molar-refractivity contribution in [1.82, 2.24) is 0 Å². The van der Waals surface area contributed by atoms with Gasteiger partial charge in [-0.05, 0) is 49.2 Å². The van der Waals surface area contributed by atoms with Crippen LogP contribution in [0.4, 0.5) is 11.4 Å². The lowest BCUT2D eigenvalue weighted by Gasteiger charge is -2.11. The molecule has 2 N–H and O–H groups in total. The van der Waals surface area contributed by atoms with Crippen LogP contribution in [-0.4, -0.2) is 24.5 Å². The molecular formula is C16H16N2O4. The van der Waals surface area contributed by atoms with Crippen LogP contribution in [0.2, 0.25) is 0 Å². The summed E-state index contributed by atoms with van der Waals surface area (Å²) in [6.07, 6.45) is 2.75. The smallest absolute Gasteiger partial charge is 0.291 e. The van der Waals surface area contributed by atoms with Crippen molar-refractivity contribution in [3.63, 3.8) is 0 Å². The van der Waals surface area contributed by atoms with E-state index in [0.717, 1.165) is 12.8 Å². The zero-order valence-electron chi connectivity index (χ0n) is 11.9. The molecule has 0 radical (unpaired) electrons. The summed E-state index contributed by atoms with van der Waals surface area (Å²) in [6.45, 7) is 0.635. The van der Waals surface area contributed by atoms with E-state index in [9.17, 15) is 9.59 Å². The summed E-state index contributed by atoms with van der Waals surface area (Å²) >= 11 is 0. The number of furan rings is 1. The van der Waals surface area contributed by atoms with E-state index in [1.165, 1.54) is 6.26 Å². The van der Waals surface area contributed by atoms with Crippen LogP contribution in [0.15, 0.2) is 47.1 Å². The minimum Gasteiger partial charge on any atom is -0.459 e. The van der Waals surface area contributed by atoms with E-state index >= 15 is 0 Å². The molecule has 2 heterocycles. The zero-order chi connectivity index (χ0) is 15.4. The molecule has 6 nitrogen and oxygen atoms in total. The molecule has 1 aliphatic heterocycles. The molecule has 0 bridgehead atoms. The minimum absolute atomic E-state index is 0.134. The van der Waals surface area contributed by atoms with Crippen LogP contribution in [0.1, 0.15) is 23.4 Å². The van der Waals surface area contributed by atoms with Crippen LogP contribution in [0, 0.1) is 0 Å². The lowest BCUT2D eigenvalue weighted by molar-refractivity contribution is -0.124. The summed E-state index contributed by atoms with van der Waals surface area (Å²) in [5.41, 5.74) is 1.29. The number of carbonyl (C=O) groups is 2. The molecule has 2 amide bonds. The third kappa shape index (κ3) is 3.35. The van der Waals surface area contributed by atoms with Crippen molar-refractivity contribution in [1.29, 1.82) is 0 Å². The molecule has 1 aromatic heterocycles. The topological polar surface area (TPSA) is 80.6 Å². The first kappa shape index (κ1) is 14.3. The molecule has 3 rings (SSSR count). The second kappa shape index (κ2) is 6.44. The summed E-state index contributed by atoms with van der Waals surface area (Å²) in [4.78, 5) is 23.7. The SMILES string of the molecule is O=C(Nc1ccc(NC(=O)[C@@H]2CCCO2)cc1)c1ccco1. The fraction of sp³-hybridized carbons (Fsp3) is 0.250. The van der Waals surface area contributed by atoms with E-state index in [1.807, 2.05) is 0 Å². The van der Waals surface area contributed by atoms with Gasteiger partial charge in [-0.2, -0.15) is 0 Å². The largest absolute Gasteiger partial charge is 0.459 e. The Kier molecular flexibility index (Phi) is 4.20. The molecule has 1 aromatic carbocycles. The molecule has 6 heteroatoms. The van der Waals surface area contributed by atoms with Crippen molar-refractivity contribution >= 4 is 23.2 Å². The second-order valence-corrected chi connectivity index (χ2v) is 5.00. The number of benzene rings is 1. The highest BCUT2D eigenvalue weighted by Gasteiger charge is 2.23. The van der Waals surface area contributed by atoms with Gasteiger partial charge in [0.05, 0.1) is 6.26 Å². The van der Waals surface area contributed by atoms with E-state index < -0.39 is 0 Å². The lowest BCUT2D eigenvalue weighted by atomic mass is 10.2. The minimum atomic E-state index is -0.363. The molecule has 1 aliphatic rings. The van der Waals surface area contributed by atoms with Gasteiger partial charge in [0.25, 0.3) is 11.8 Å². The summed E-state index contributed by atoms with van der Waals surface area (Å²) in [5, 5.41) is 5.51. The fourth-order valence-corrected chi connectivity index (χ4v) is 2.24. The monoisotopic (exact) mass is 300 g/mol. The van der Waals surface area contributed by atoms with Gasteiger partial charge >= 0.3 is 0 Å². The first-order valence-electron chi connectivity index (χ1n) is 7.10. The van der Waals surface area contributed by atoms with Gasteiger partial charge in [-0.3, -0.25) is 9.59 Å². The van der Waals surface area contributed by atoms with Gasteiger partial charge in [0, 0.05) is 18.0 Å². The number of rotatable bonds is 4. The Morgan fingerprint density at radius 2 is 1.77 bits per heavy atom. The molecular weight excluding hydrogens is 284 g/mol. The van der Waals surface area contributed by atoms with Gasteiger partial charge in [-0.25, -0.2) is 0 Å². The molecule has 22 heavy (non-hydrogen) atoms. The first-order chi connectivity index (χ1) is 10.7. The van der Waals surface area contributed by atoms with Crippen LogP contribution in [-0.2, 0) is 9.53 Å². The summed E-state index contributed by atoms with van der Waals surface area (Å²) < 4.78 is 10.3. The van der Waals surface area contributed by atoms with Gasteiger partial charge in [0.2, 0.25) is 0 Å². The van der Waals surface area contributed by atoms with Gasteiger partial charge in [-0.1, -0.05) is 0 Å². The van der Waals surface area contributed by atoms with E-state index in [-0.39, 0.29) is 23.7 Å². The third-order valence-electron chi connectivity index (χ3n) is 3.38. The molecule has 0 unspecified atom stereocenters. The molecule has 1 fully saturated rings. The van der Waals surface area contributed by atoms with Gasteiger partial charge in [-0.15, -0.1) is 0 Å². The molecule has 1 atom stereocenters. The van der Waals surface area contributed by atoms with E-state index in [4.69, 9.17) is 9.15 Å². The maximum Gasteiger partial charge on any atom is 0.291 e. The second-order valence-electron chi connectivity index (χ2n) is 5.00. The van der Waals surface area contributed by atoms with Crippen LogP contribution in [0.5, 0.6) is 0 Å². The number of hydrogen-bond acceptors (Lipinski definition) is 4. The van der Waals surface area contributed by atoms with Crippen LogP contribution in [0.3, 0.4) is 0 Å². The van der Waals surface area contributed by atoms with Crippen molar-refractivity contribution in [2.75, 3.05) is 17.2 Å². The predicted octanol–water partition coefficient (Wildman–Crippen LogP) is 2.65. The van der Waals surface area contributed by atoms with Crippen LogP contribution < -0.4 is 10.6 Å². The highest BCUT2D eigenvalue weighted by Crippen LogP contribution is 2.18. The van der Waals surface area contributed by atoms with Crippen LogP contribution >= 0.6 is 0 Å². The van der Waals surface area contributed by atoms with Gasteiger partial charge in [0.15, 0.2) is 5.76 Å². The number of anilines is 2. The quantitative estimate of drug-likeness (QED) is 0.909. The Balaban J connectivity index is 1.58. The Morgan fingerprint density at radius 1 is 1.05 bits per heavy atom. The van der Waals surface area contributed by atoms with E-state index in [2.05, 4.69) is 10.6 Å². The summed E-state index contributed by atoms with van der Waals surface area (Å²) in [5.74, 6) is -0.207. The highest BCUT2D eigenvalue weighted by molar-refractivity contribution is 6.02. The fourth-order valence-electron chi connectivity index (χ4n) is 2.24. The number of hydrogen-bond donors (Lipinski definition) is 2. The van der Waals surface area contributed by atoms with Crippen molar-refractivity contribution in [2.45, 2.75) is 18.9 Å². The highest BCUT2D eigenvalue weighted by atomic mass is 16.5. The molecule has 1 saturated heterocycles. The maximum atomic E-state index is 11.9. The number of carbonyl (C=O) groups excluding carboxylic acids is 2. The lowest BCUT2D eigenvalue weighted by Crippen LogP contribution is -2.26. The zero-order valence-corrected chi connectivity index (χ0v) is 11.9. The van der Waals surface area contributed by atoms with Crippen molar-refractivity contribution < 1.29 is 18.7 Å². The maximum absolute atomic E-state index is 11.9. The molecule has 0 spiro atoms. The van der Waals surface area contributed by atoms with Crippen molar-refractivity contribution in [2.24, 2.45) is 0 Å². The molecule has 2 aromatic rings. The molecule has 0 saturated carbocycles. The van der Waals surface area contributed by atoms with Crippen molar-refractivity contribution in [3.05, 3.63) is 48.4 Å². The number of amides is 2. The number of ether oxygens (including phenoxy) is 1. The van der Waals surface area contributed by atoms with Gasteiger partial charge in [0.1, 0.15) is 6.10 Å². The average Bonchev–Trinajstić information content (AvgIpc) is 3.23. The standard InChI is InChI=1S/C16H16N2O4/c19-15(13-3-1-9-21-13)17-11-5-7-12(8-6-11)18-16(20)14-4-2-10-22-14/h1,3,5-9,14H,2,4,10H2,(H,17,19)(H,18,20)/t14-/m0/s1. The van der Waals surface area contributed by atoms with Crippen LogP contribution in [0.25, 0.3) is 0 Å². The Morgan fingerprint density at radius 3 is 2.36 bits per heavy atom. The third-order valence-corrected chi connectivity index (χ3v) is 3.38. The first-order valence-corrected chi connectivity index (χ1v) is 7.10. The molecule has 0 aliphatic carbocycles. The molecule has 114 valence electrons. The summed E-state index contributed by atoms with van der Waals surface area (Å²) in [6, 6.07) is 10.1. The number of nitrogens with one attached hydrogen (secondary N) is 2. The van der Waals surface area contributed by atoms with Crippen molar-refractivity contribution in [3.8, 4) is 0 Å². The van der Waals surface area contributed by atoms with Gasteiger partial charge < -0.3 is 19.8 Å². The Hall–Kier alpha value is -2.60.